The van der Waals surface area contributed by atoms with Crippen LogP contribution in [-0.4, -0.2) is 56.1 Å². The second-order valence-electron chi connectivity index (χ2n) is 9.52. The van der Waals surface area contributed by atoms with Crippen LogP contribution in [0.4, 0.5) is 11.4 Å². The predicted molar refractivity (Wildman–Crippen MR) is 140 cm³/mol. The van der Waals surface area contributed by atoms with Crippen LogP contribution in [0, 0.1) is 0 Å². The van der Waals surface area contributed by atoms with E-state index in [1.807, 2.05) is 11.8 Å². The van der Waals surface area contributed by atoms with Gasteiger partial charge in [0, 0.05) is 42.5 Å². The molecule has 1 saturated heterocycles. The highest BCUT2D eigenvalue weighted by Crippen LogP contribution is 2.47. The second kappa shape index (κ2) is 12.7. The van der Waals surface area contributed by atoms with E-state index in [-0.39, 0.29) is 0 Å². The minimum Gasteiger partial charge on any atom is -0.340 e. The molecule has 0 radical (unpaired) electrons. The van der Waals surface area contributed by atoms with E-state index in [9.17, 15) is 0 Å². The lowest BCUT2D eigenvalue weighted by Gasteiger charge is -2.32. The van der Waals surface area contributed by atoms with Crippen LogP contribution >= 0.6 is 11.8 Å². The molecule has 4 heteroatoms. The molecule has 174 valence electrons. The molecule has 0 aliphatic carbocycles. The number of likely N-dealkylation sites (N-methyl/N-ethyl adjacent to an activating group) is 1. The second-order valence-corrected chi connectivity index (χ2v) is 10.6. The summed E-state index contributed by atoms with van der Waals surface area (Å²) in [5, 5.41) is 0. The number of nitrogens with zero attached hydrogens (tertiary/aromatic N) is 3. The zero-order valence-corrected chi connectivity index (χ0v) is 20.8. The Bertz CT molecular complexity index is 770. The molecule has 32 heavy (non-hydrogen) atoms. The standard InChI is InChI=1S/C28H41N3S/c1-29-21-23-30(24-22-29)19-13-7-5-3-2-4-6-8-14-20-31-25-15-9-11-17-27(25)32-28-18-12-10-16-26(28)31/h9-12,15-18H,2-8,13-14,19-24H2,1H3. The molecule has 1 fully saturated rings. The highest BCUT2D eigenvalue weighted by Gasteiger charge is 2.22. The summed E-state index contributed by atoms with van der Waals surface area (Å²) < 4.78 is 0. The Morgan fingerprint density at radius 2 is 1.06 bits per heavy atom. The molecule has 0 spiro atoms. The fourth-order valence-electron chi connectivity index (χ4n) is 4.94. The molecule has 2 aromatic rings. The number of hydrogen-bond donors (Lipinski definition) is 0. The van der Waals surface area contributed by atoms with Crippen molar-refractivity contribution in [1.82, 2.24) is 9.80 Å². The lowest BCUT2D eigenvalue weighted by Crippen LogP contribution is -2.44. The van der Waals surface area contributed by atoms with E-state index in [0.717, 1.165) is 6.54 Å². The van der Waals surface area contributed by atoms with Crippen molar-refractivity contribution >= 4 is 23.1 Å². The van der Waals surface area contributed by atoms with E-state index in [2.05, 4.69) is 70.3 Å². The van der Waals surface area contributed by atoms with Crippen LogP contribution in [0.2, 0.25) is 0 Å². The quantitative estimate of drug-likeness (QED) is 0.320. The third kappa shape index (κ3) is 6.76. The van der Waals surface area contributed by atoms with Gasteiger partial charge in [-0.25, -0.2) is 0 Å². The number of unbranched alkanes of at least 4 members (excludes halogenated alkanes) is 8. The number of piperazine rings is 1. The lowest BCUT2D eigenvalue weighted by molar-refractivity contribution is 0.152. The van der Waals surface area contributed by atoms with Crippen LogP contribution in [0.3, 0.4) is 0 Å². The number of benzene rings is 2. The molecule has 0 bridgehead atoms. The van der Waals surface area contributed by atoms with Gasteiger partial charge in [-0.05, 0) is 50.7 Å². The van der Waals surface area contributed by atoms with Gasteiger partial charge in [-0.1, -0.05) is 81.0 Å². The molecule has 2 aliphatic heterocycles. The molecule has 4 rings (SSSR count). The minimum atomic E-state index is 1.13. The monoisotopic (exact) mass is 451 g/mol. The zero-order valence-electron chi connectivity index (χ0n) is 20.0. The number of fused-ring (bicyclic) bond motifs is 2. The van der Waals surface area contributed by atoms with Gasteiger partial charge in [-0.15, -0.1) is 0 Å². The Balaban J connectivity index is 1.06. The molecule has 0 amide bonds. The maximum Gasteiger partial charge on any atom is 0.0552 e. The van der Waals surface area contributed by atoms with Crippen molar-refractivity contribution in [2.24, 2.45) is 0 Å². The fraction of sp³-hybridized carbons (Fsp3) is 0.571. The predicted octanol–water partition coefficient (Wildman–Crippen LogP) is 7.05. The summed E-state index contributed by atoms with van der Waals surface area (Å²) in [5.74, 6) is 0. The van der Waals surface area contributed by atoms with Crippen LogP contribution in [0.25, 0.3) is 0 Å². The average molecular weight is 452 g/mol. The van der Waals surface area contributed by atoms with Gasteiger partial charge in [0.05, 0.1) is 11.4 Å². The van der Waals surface area contributed by atoms with Crippen LogP contribution < -0.4 is 4.90 Å². The van der Waals surface area contributed by atoms with Crippen molar-refractivity contribution < 1.29 is 0 Å². The average Bonchev–Trinajstić information content (AvgIpc) is 2.83. The van der Waals surface area contributed by atoms with Gasteiger partial charge < -0.3 is 14.7 Å². The smallest absolute Gasteiger partial charge is 0.0552 e. The molecule has 2 aliphatic rings. The molecular weight excluding hydrogens is 410 g/mol. The molecule has 2 heterocycles. The number of para-hydroxylation sites is 2. The zero-order chi connectivity index (χ0) is 22.0. The Hall–Kier alpha value is -1.49. The molecular formula is C28H41N3S. The van der Waals surface area contributed by atoms with Crippen LogP contribution in [0.15, 0.2) is 58.3 Å². The van der Waals surface area contributed by atoms with E-state index in [1.165, 1.54) is 112 Å². The first-order chi connectivity index (χ1) is 15.8. The molecule has 0 saturated carbocycles. The van der Waals surface area contributed by atoms with Crippen LogP contribution in [0.5, 0.6) is 0 Å². The summed E-state index contributed by atoms with van der Waals surface area (Å²) >= 11 is 1.91. The molecule has 0 N–H and O–H groups in total. The molecule has 0 aromatic heterocycles. The number of anilines is 2. The highest BCUT2D eigenvalue weighted by atomic mass is 32.2. The SMILES string of the molecule is CN1CCN(CCCCCCCCCCCN2c3ccccc3Sc3ccccc32)CC1. The first-order valence-electron chi connectivity index (χ1n) is 12.9. The summed E-state index contributed by atoms with van der Waals surface area (Å²) in [6.45, 7) is 7.47. The van der Waals surface area contributed by atoms with Crippen molar-refractivity contribution in [1.29, 1.82) is 0 Å². The highest BCUT2D eigenvalue weighted by molar-refractivity contribution is 7.99. The van der Waals surface area contributed by atoms with Gasteiger partial charge in [0.25, 0.3) is 0 Å². The van der Waals surface area contributed by atoms with E-state index >= 15 is 0 Å². The number of rotatable bonds is 12. The van der Waals surface area contributed by atoms with E-state index in [0.29, 0.717) is 0 Å². The normalized spacial score (nSPS) is 16.7. The Kier molecular flexibility index (Phi) is 9.37. The van der Waals surface area contributed by atoms with E-state index in [4.69, 9.17) is 0 Å². The third-order valence-corrected chi connectivity index (χ3v) is 8.11. The van der Waals surface area contributed by atoms with Gasteiger partial charge in [-0.3, -0.25) is 0 Å². The van der Waals surface area contributed by atoms with Crippen molar-refractivity contribution in [2.45, 2.75) is 67.6 Å². The first-order valence-corrected chi connectivity index (χ1v) is 13.7. The van der Waals surface area contributed by atoms with Gasteiger partial charge >= 0.3 is 0 Å². The lowest BCUT2D eigenvalue weighted by atomic mass is 10.1. The number of hydrogen-bond acceptors (Lipinski definition) is 4. The molecule has 3 nitrogen and oxygen atoms in total. The third-order valence-electron chi connectivity index (χ3n) is 6.98. The summed E-state index contributed by atoms with van der Waals surface area (Å²) in [7, 11) is 2.24. The van der Waals surface area contributed by atoms with Gasteiger partial charge in [-0.2, -0.15) is 0 Å². The van der Waals surface area contributed by atoms with E-state index < -0.39 is 0 Å². The molecule has 0 atom stereocenters. The maximum atomic E-state index is 2.65. The molecule has 2 aromatic carbocycles. The Morgan fingerprint density at radius 1 is 0.594 bits per heavy atom. The summed E-state index contributed by atoms with van der Waals surface area (Å²) in [6, 6.07) is 17.7. The van der Waals surface area contributed by atoms with Crippen molar-refractivity contribution in [3.63, 3.8) is 0 Å². The Labute approximate surface area is 200 Å². The largest absolute Gasteiger partial charge is 0.340 e. The van der Waals surface area contributed by atoms with Gasteiger partial charge in [0.1, 0.15) is 0 Å². The van der Waals surface area contributed by atoms with Crippen LogP contribution in [0.1, 0.15) is 57.8 Å². The molecule has 0 unspecified atom stereocenters. The van der Waals surface area contributed by atoms with Crippen molar-refractivity contribution in [2.75, 3.05) is 51.2 Å². The van der Waals surface area contributed by atoms with Gasteiger partial charge in [0.2, 0.25) is 0 Å². The van der Waals surface area contributed by atoms with Gasteiger partial charge in [0.15, 0.2) is 0 Å². The summed E-state index contributed by atoms with van der Waals surface area (Å²) in [5.41, 5.74) is 2.76. The van der Waals surface area contributed by atoms with Crippen molar-refractivity contribution in [3.8, 4) is 0 Å². The fourth-order valence-corrected chi connectivity index (χ4v) is 6.03. The summed E-state index contributed by atoms with van der Waals surface area (Å²) in [6.07, 6.45) is 12.5. The van der Waals surface area contributed by atoms with E-state index in [1.54, 1.807) is 0 Å². The van der Waals surface area contributed by atoms with Crippen molar-refractivity contribution in [3.05, 3.63) is 48.5 Å². The van der Waals surface area contributed by atoms with Crippen LogP contribution in [-0.2, 0) is 0 Å². The maximum absolute atomic E-state index is 2.65. The minimum absolute atomic E-state index is 1.13. The summed E-state index contributed by atoms with van der Waals surface area (Å²) in [4.78, 5) is 10.4. The Morgan fingerprint density at radius 3 is 1.62 bits per heavy atom. The topological polar surface area (TPSA) is 9.72 Å². The first kappa shape index (κ1) is 23.7.